The molecule has 1 fully saturated rings. The normalized spacial score (nSPS) is 18.6. The molecule has 0 aliphatic carbocycles. The molecule has 3 nitrogen and oxygen atoms in total. The van der Waals surface area contributed by atoms with Crippen molar-refractivity contribution in [3.8, 4) is 0 Å². The predicted octanol–water partition coefficient (Wildman–Crippen LogP) is 1.34. The highest BCUT2D eigenvalue weighted by Gasteiger charge is 2.15. The second-order valence-electron chi connectivity index (χ2n) is 4.28. The molecule has 1 aliphatic heterocycles. The molecule has 0 aromatic carbocycles. The van der Waals surface area contributed by atoms with Gasteiger partial charge in [0.1, 0.15) is 0 Å². The van der Waals surface area contributed by atoms with Gasteiger partial charge in [0.05, 0.1) is 6.61 Å². The molecular weight excluding hydrogens is 188 g/mol. The summed E-state index contributed by atoms with van der Waals surface area (Å²) in [5.74, 6) is 0.896. The lowest BCUT2D eigenvalue weighted by molar-refractivity contribution is 0.105. The van der Waals surface area contributed by atoms with E-state index in [9.17, 15) is 0 Å². The van der Waals surface area contributed by atoms with Crippen LogP contribution in [0.4, 0.5) is 0 Å². The minimum atomic E-state index is 0.838. The summed E-state index contributed by atoms with van der Waals surface area (Å²) < 4.78 is 5.40. The summed E-state index contributed by atoms with van der Waals surface area (Å²) in [6.45, 7) is 11.9. The number of ether oxygens (including phenoxy) is 1. The molecule has 0 radical (unpaired) electrons. The lowest BCUT2D eigenvalue weighted by atomic mass is 9.97. The molecule has 1 N–H and O–H groups in total. The van der Waals surface area contributed by atoms with Crippen molar-refractivity contribution in [1.29, 1.82) is 0 Å². The van der Waals surface area contributed by atoms with E-state index in [2.05, 4.69) is 24.1 Å². The Morgan fingerprint density at radius 2 is 2.00 bits per heavy atom. The van der Waals surface area contributed by atoms with Crippen molar-refractivity contribution in [3.63, 3.8) is 0 Å². The fourth-order valence-electron chi connectivity index (χ4n) is 2.15. The Labute approximate surface area is 94.2 Å². The molecule has 0 aromatic rings. The molecule has 1 aliphatic rings. The van der Waals surface area contributed by atoms with Gasteiger partial charge < -0.3 is 15.0 Å². The molecule has 0 spiro atoms. The molecule has 15 heavy (non-hydrogen) atoms. The van der Waals surface area contributed by atoms with Crippen molar-refractivity contribution >= 4 is 0 Å². The highest BCUT2D eigenvalue weighted by atomic mass is 16.5. The smallest absolute Gasteiger partial charge is 0.0593 e. The van der Waals surface area contributed by atoms with E-state index in [1.165, 1.54) is 32.5 Å². The first-order chi connectivity index (χ1) is 7.36. The second-order valence-corrected chi connectivity index (χ2v) is 4.28. The average molecular weight is 214 g/mol. The average Bonchev–Trinajstić information content (AvgIpc) is 2.29. The van der Waals surface area contributed by atoms with Crippen LogP contribution in [0, 0.1) is 5.92 Å². The Morgan fingerprint density at radius 3 is 2.60 bits per heavy atom. The number of piperidine rings is 1. The molecule has 1 heterocycles. The summed E-state index contributed by atoms with van der Waals surface area (Å²) in [6, 6.07) is 0. The minimum Gasteiger partial charge on any atom is -0.380 e. The van der Waals surface area contributed by atoms with Gasteiger partial charge in [-0.1, -0.05) is 6.92 Å². The quantitative estimate of drug-likeness (QED) is 0.647. The van der Waals surface area contributed by atoms with E-state index in [1.807, 2.05) is 0 Å². The van der Waals surface area contributed by atoms with Crippen LogP contribution in [0.25, 0.3) is 0 Å². The Hall–Kier alpha value is -0.120. The number of likely N-dealkylation sites (N-methyl/N-ethyl adjacent to an activating group) is 1. The Morgan fingerprint density at radius 1 is 1.27 bits per heavy atom. The maximum atomic E-state index is 5.40. The molecule has 3 heteroatoms. The van der Waals surface area contributed by atoms with E-state index < -0.39 is 0 Å². The van der Waals surface area contributed by atoms with E-state index >= 15 is 0 Å². The molecule has 0 atom stereocenters. The first-order valence-corrected chi connectivity index (χ1v) is 6.37. The highest BCUT2D eigenvalue weighted by Crippen LogP contribution is 2.13. The van der Waals surface area contributed by atoms with Crippen LogP contribution in [0.15, 0.2) is 0 Å². The van der Waals surface area contributed by atoms with E-state index in [4.69, 9.17) is 4.74 Å². The lowest BCUT2D eigenvalue weighted by Gasteiger charge is -2.29. The molecule has 0 bridgehead atoms. The van der Waals surface area contributed by atoms with Crippen molar-refractivity contribution in [2.45, 2.75) is 26.7 Å². The van der Waals surface area contributed by atoms with Gasteiger partial charge >= 0.3 is 0 Å². The summed E-state index contributed by atoms with van der Waals surface area (Å²) in [5, 5.41) is 3.42. The predicted molar refractivity (Wildman–Crippen MR) is 64.2 cm³/mol. The topological polar surface area (TPSA) is 24.5 Å². The zero-order valence-electron chi connectivity index (χ0n) is 10.3. The van der Waals surface area contributed by atoms with Crippen LogP contribution in [-0.4, -0.2) is 50.8 Å². The first kappa shape index (κ1) is 12.9. The third-order valence-electron chi connectivity index (χ3n) is 3.18. The molecule has 0 unspecified atom stereocenters. The summed E-state index contributed by atoms with van der Waals surface area (Å²) in [4.78, 5) is 2.52. The first-order valence-electron chi connectivity index (χ1n) is 6.37. The summed E-state index contributed by atoms with van der Waals surface area (Å²) >= 11 is 0. The third-order valence-corrected chi connectivity index (χ3v) is 3.18. The third kappa shape index (κ3) is 5.50. The van der Waals surface area contributed by atoms with Gasteiger partial charge in [-0.2, -0.15) is 0 Å². The van der Waals surface area contributed by atoms with Crippen molar-refractivity contribution in [2.24, 2.45) is 5.92 Å². The van der Waals surface area contributed by atoms with Gasteiger partial charge in [-0.05, 0) is 45.3 Å². The summed E-state index contributed by atoms with van der Waals surface area (Å²) in [5.41, 5.74) is 0. The van der Waals surface area contributed by atoms with Crippen LogP contribution < -0.4 is 5.32 Å². The molecular formula is C12H26N2O. The van der Waals surface area contributed by atoms with E-state index in [0.29, 0.717) is 0 Å². The van der Waals surface area contributed by atoms with Crippen molar-refractivity contribution in [3.05, 3.63) is 0 Å². The van der Waals surface area contributed by atoms with Gasteiger partial charge in [-0.15, -0.1) is 0 Å². The molecule has 0 saturated carbocycles. The van der Waals surface area contributed by atoms with Crippen LogP contribution in [0.3, 0.4) is 0 Å². The zero-order valence-corrected chi connectivity index (χ0v) is 10.3. The fraction of sp³-hybridized carbons (Fsp3) is 1.00. The van der Waals surface area contributed by atoms with Crippen LogP contribution in [-0.2, 0) is 4.74 Å². The van der Waals surface area contributed by atoms with Crippen LogP contribution in [0.5, 0.6) is 0 Å². The minimum absolute atomic E-state index is 0.838. The van der Waals surface area contributed by atoms with E-state index in [0.717, 1.165) is 32.2 Å². The van der Waals surface area contributed by atoms with Crippen molar-refractivity contribution in [1.82, 2.24) is 10.2 Å². The van der Waals surface area contributed by atoms with Gasteiger partial charge in [0, 0.05) is 19.7 Å². The van der Waals surface area contributed by atoms with Gasteiger partial charge in [0.2, 0.25) is 0 Å². The van der Waals surface area contributed by atoms with Gasteiger partial charge in [-0.25, -0.2) is 0 Å². The molecule has 1 rings (SSSR count). The number of nitrogens with zero attached hydrogens (tertiary/aromatic N) is 1. The van der Waals surface area contributed by atoms with Gasteiger partial charge in [0.25, 0.3) is 0 Å². The van der Waals surface area contributed by atoms with Crippen molar-refractivity contribution in [2.75, 3.05) is 45.9 Å². The van der Waals surface area contributed by atoms with Crippen molar-refractivity contribution < 1.29 is 4.74 Å². The Bertz CT molecular complexity index is 147. The maximum Gasteiger partial charge on any atom is 0.0593 e. The van der Waals surface area contributed by atoms with Crippen LogP contribution >= 0.6 is 0 Å². The lowest BCUT2D eigenvalue weighted by Crippen LogP contribution is -2.37. The standard InChI is InChI=1S/C12H26N2O/c1-3-14(9-10-15-4-2)11-12-5-7-13-8-6-12/h12-13H,3-11H2,1-2H3. The van der Waals surface area contributed by atoms with Gasteiger partial charge in [-0.3, -0.25) is 0 Å². The summed E-state index contributed by atoms with van der Waals surface area (Å²) in [6.07, 6.45) is 2.68. The largest absolute Gasteiger partial charge is 0.380 e. The number of hydrogen-bond acceptors (Lipinski definition) is 3. The molecule has 90 valence electrons. The van der Waals surface area contributed by atoms with E-state index in [-0.39, 0.29) is 0 Å². The Kier molecular flexibility index (Phi) is 6.98. The van der Waals surface area contributed by atoms with Crippen LogP contribution in [0.2, 0.25) is 0 Å². The Balaban J connectivity index is 2.13. The van der Waals surface area contributed by atoms with Crippen LogP contribution in [0.1, 0.15) is 26.7 Å². The molecule has 0 aromatic heterocycles. The monoisotopic (exact) mass is 214 g/mol. The number of nitrogens with one attached hydrogen (secondary N) is 1. The van der Waals surface area contributed by atoms with E-state index in [1.54, 1.807) is 0 Å². The number of rotatable bonds is 7. The fourth-order valence-corrected chi connectivity index (χ4v) is 2.15. The SMILES string of the molecule is CCOCCN(CC)CC1CCNCC1. The summed E-state index contributed by atoms with van der Waals surface area (Å²) in [7, 11) is 0. The second kappa shape index (κ2) is 8.08. The zero-order chi connectivity index (χ0) is 10.9. The highest BCUT2D eigenvalue weighted by molar-refractivity contribution is 4.72. The molecule has 1 saturated heterocycles. The molecule has 0 amide bonds. The number of hydrogen-bond donors (Lipinski definition) is 1. The van der Waals surface area contributed by atoms with Gasteiger partial charge in [0.15, 0.2) is 0 Å². The maximum absolute atomic E-state index is 5.40.